The van der Waals surface area contributed by atoms with Crippen LogP contribution in [0.15, 0.2) is 0 Å². The molecule has 1 rings (SSSR count). The van der Waals surface area contributed by atoms with Gasteiger partial charge in [0.1, 0.15) is 0 Å². The van der Waals surface area contributed by atoms with Crippen LogP contribution in [0.25, 0.3) is 0 Å². The Balaban J connectivity index is 3.04. The lowest BCUT2D eigenvalue weighted by atomic mass is 10.3. The second kappa shape index (κ2) is 2.55. The molecule has 9 heavy (non-hydrogen) atoms. The standard InChI is InChI=1S/C5H7IN2O/c1-3-4(2)7-8-5(3)9-6/h1-2H3,(H,7,8). The quantitative estimate of drug-likeness (QED) is 0.757. The molecule has 0 aromatic carbocycles. The van der Waals surface area contributed by atoms with E-state index in [1.54, 1.807) is 0 Å². The minimum Gasteiger partial charge on any atom is -0.406 e. The molecule has 0 spiro atoms. The highest BCUT2D eigenvalue weighted by atomic mass is 127. The highest BCUT2D eigenvalue weighted by Gasteiger charge is 2.03. The molecular formula is C5H7IN2O. The van der Waals surface area contributed by atoms with E-state index in [-0.39, 0.29) is 0 Å². The van der Waals surface area contributed by atoms with Gasteiger partial charge in [0.15, 0.2) is 23.0 Å². The Morgan fingerprint density at radius 1 is 1.56 bits per heavy atom. The van der Waals surface area contributed by atoms with Gasteiger partial charge in [-0.15, -0.1) is 5.10 Å². The first-order valence-corrected chi connectivity index (χ1v) is 3.44. The first kappa shape index (κ1) is 6.85. The lowest BCUT2D eigenvalue weighted by molar-refractivity contribution is 0.670. The van der Waals surface area contributed by atoms with Gasteiger partial charge in [-0.2, -0.15) is 0 Å². The van der Waals surface area contributed by atoms with Gasteiger partial charge >= 0.3 is 0 Å². The van der Waals surface area contributed by atoms with Crippen molar-refractivity contribution in [3.63, 3.8) is 0 Å². The Labute approximate surface area is 67.5 Å². The number of aromatic nitrogens is 2. The number of aryl methyl sites for hydroxylation is 1. The largest absolute Gasteiger partial charge is 0.406 e. The second-order valence-electron chi connectivity index (χ2n) is 1.86. The third kappa shape index (κ3) is 1.17. The van der Waals surface area contributed by atoms with Gasteiger partial charge in [0.2, 0.25) is 5.88 Å². The van der Waals surface area contributed by atoms with Gasteiger partial charge in [0.05, 0.1) is 0 Å². The maximum Gasteiger partial charge on any atom is 0.246 e. The molecule has 0 saturated heterocycles. The Bertz CT molecular complexity index is 209. The number of halogens is 1. The first-order chi connectivity index (χ1) is 4.25. The molecule has 0 fully saturated rings. The smallest absolute Gasteiger partial charge is 0.246 e. The van der Waals surface area contributed by atoms with E-state index in [1.807, 2.05) is 36.9 Å². The van der Waals surface area contributed by atoms with E-state index >= 15 is 0 Å². The van der Waals surface area contributed by atoms with Crippen LogP contribution < -0.4 is 3.07 Å². The van der Waals surface area contributed by atoms with Crippen LogP contribution in [-0.4, -0.2) is 10.2 Å². The lowest BCUT2D eigenvalue weighted by Gasteiger charge is -1.88. The molecule has 0 radical (unpaired) electrons. The number of aromatic amines is 1. The van der Waals surface area contributed by atoms with Crippen LogP contribution in [-0.2, 0) is 0 Å². The molecule has 0 bridgehead atoms. The molecule has 0 amide bonds. The SMILES string of the molecule is Cc1[nH]nc(OI)c1C. The summed E-state index contributed by atoms with van der Waals surface area (Å²) in [4.78, 5) is 0. The van der Waals surface area contributed by atoms with Crippen molar-refractivity contribution in [1.82, 2.24) is 10.2 Å². The van der Waals surface area contributed by atoms with Crippen molar-refractivity contribution in [1.29, 1.82) is 0 Å². The summed E-state index contributed by atoms with van der Waals surface area (Å²) in [5.41, 5.74) is 2.13. The average molecular weight is 238 g/mol. The van der Waals surface area contributed by atoms with E-state index in [1.165, 1.54) is 0 Å². The van der Waals surface area contributed by atoms with Crippen molar-refractivity contribution in [3.8, 4) is 5.88 Å². The van der Waals surface area contributed by atoms with Crippen LogP contribution in [0.1, 0.15) is 11.3 Å². The van der Waals surface area contributed by atoms with Crippen molar-refractivity contribution in [3.05, 3.63) is 11.3 Å². The molecule has 1 aromatic heterocycles. The van der Waals surface area contributed by atoms with Crippen LogP contribution in [0, 0.1) is 13.8 Å². The van der Waals surface area contributed by atoms with E-state index < -0.39 is 0 Å². The van der Waals surface area contributed by atoms with Crippen molar-refractivity contribution >= 4 is 23.0 Å². The summed E-state index contributed by atoms with van der Waals surface area (Å²) in [5, 5.41) is 6.69. The van der Waals surface area contributed by atoms with E-state index in [9.17, 15) is 0 Å². The van der Waals surface area contributed by atoms with Gasteiger partial charge in [-0.25, -0.2) is 0 Å². The fourth-order valence-electron chi connectivity index (χ4n) is 0.538. The Morgan fingerprint density at radius 3 is 2.44 bits per heavy atom. The van der Waals surface area contributed by atoms with Gasteiger partial charge in [-0.3, -0.25) is 5.10 Å². The Morgan fingerprint density at radius 2 is 2.22 bits per heavy atom. The fourth-order valence-corrected chi connectivity index (χ4v) is 0.967. The second-order valence-corrected chi connectivity index (χ2v) is 2.30. The normalized spacial score (nSPS) is 9.67. The minimum absolute atomic E-state index is 0.674. The number of hydrogen-bond donors (Lipinski definition) is 1. The highest BCUT2D eigenvalue weighted by molar-refractivity contribution is 14.1. The van der Waals surface area contributed by atoms with Crippen molar-refractivity contribution < 1.29 is 3.07 Å². The predicted octanol–water partition coefficient (Wildman–Crippen LogP) is 1.76. The molecule has 0 aliphatic rings. The number of nitrogens with zero attached hydrogens (tertiary/aromatic N) is 1. The summed E-state index contributed by atoms with van der Waals surface area (Å²) >= 11 is 1.81. The zero-order valence-electron chi connectivity index (χ0n) is 5.23. The molecule has 1 aromatic rings. The van der Waals surface area contributed by atoms with E-state index in [4.69, 9.17) is 3.07 Å². The molecular weight excluding hydrogens is 231 g/mol. The zero-order chi connectivity index (χ0) is 6.85. The molecule has 3 nitrogen and oxygen atoms in total. The van der Waals surface area contributed by atoms with Gasteiger partial charge in [0, 0.05) is 11.3 Å². The monoisotopic (exact) mass is 238 g/mol. The van der Waals surface area contributed by atoms with Crippen LogP contribution >= 0.6 is 23.0 Å². The topological polar surface area (TPSA) is 37.9 Å². The fraction of sp³-hybridized carbons (Fsp3) is 0.400. The summed E-state index contributed by atoms with van der Waals surface area (Å²) < 4.78 is 4.89. The third-order valence-corrected chi connectivity index (χ3v) is 1.70. The average Bonchev–Trinajstić information content (AvgIpc) is 2.15. The molecule has 50 valence electrons. The minimum atomic E-state index is 0.674. The molecule has 0 aliphatic heterocycles. The maximum absolute atomic E-state index is 4.89. The van der Waals surface area contributed by atoms with Gasteiger partial charge in [-0.05, 0) is 13.8 Å². The molecule has 0 saturated carbocycles. The summed E-state index contributed by atoms with van der Waals surface area (Å²) in [5.74, 6) is 0.674. The number of rotatable bonds is 1. The zero-order valence-corrected chi connectivity index (χ0v) is 7.39. The van der Waals surface area contributed by atoms with Gasteiger partial charge in [0.25, 0.3) is 0 Å². The van der Waals surface area contributed by atoms with Crippen LogP contribution in [0.3, 0.4) is 0 Å². The summed E-state index contributed by atoms with van der Waals surface area (Å²) in [6, 6.07) is 0. The first-order valence-electron chi connectivity index (χ1n) is 2.56. The molecule has 1 N–H and O–H groups in total. The van der Waals surface area contributed by atoms with Gasteiger partial charge in [-0.1, -0.05) is 0 Å². The summed E-state index contributed by atoms with van der Waals surface area (Å²) in [6.07, 6.45) is 0. The van der Waals surface area contributed by atoms with Crippen LogP contribution in [0.5, 0.6) is 5.88 Å². The number of H-pyrrole nitrogens is 1. The molecule has 0 aliphatic carbocycles. The summed E-state index contributed by atoms with van der Waals surface area (Å²) in [6.45, 7) is 3.92. The highest BCUT2D eigenvalue weighted by Crippen LogP contribution is 2.17. The molecule has 0 unspecified atom stereocenters. The Hall–Kier alpha value is -0.260. The molecule has 1 heterocycles. The third-order valence-electron chi connectivity index (χ3n) is 1.28. The van der Waals surface area contributed by atoms with E-state index in [0.717, 1.165) is 11.3 Å². The molecule has 4 heteroatoms. The van der Waals surface area contributed by atoms with Crippen molar-refractivity contribution in [2.45, 2.75) is 13.8 Å². The molecule has 0 atom stereocenters. The summed E-state index contributed by atoms with van der Waals surface area (Å²) in [7, 11) is 0. The van der Waals surface area contributed by atoms with Crippen molar-refractivity contribution in [2.75, 3.05) is 0 Å². The van der Waals surface area contributed by atoms with E-state index in [2.05, 4.69) is 10.2 Å². The number of hydrogen-bond acceptors (Lipinski definition) is 2. The number of nitrogens with one attached hydrogen (secondary N) is 1. The lowest BCUT2D eigenvalue weighted by Crippen LogP contribution is -1.75. The maximum atomic E-state index is 4.89. The van der Waals surface area contributed by atoms with Gasteiger partial charge < -0.3 is 3.07 Å². The van der Waals surface area contributed by atoms with E-state index in [0.29, 0.717) is 5.88 Å². The van der Waals surface area contributed by atoms with Crippen molar-refractivity contribution in [2.24, 2.45) is 0 Å². The van der Waals surface area contributed by atoms with Crippen LogP contribution in [0.2, 0.25) is 0 Å². The van der Waals surface area contributed by atoms with Crippen LogP contribution in [0.4, 0.5) is 0 Å². The Kier molecular flexibility index (Phi) is 1.94. The predicted molar refractivity (Wildman–Crippen MR) is 42.7 cm³/mol.